The summed E-state index contributed by atoms with van der Waals surface area (Å²) in [6, 6.07) is 6.19. The number of benzene rings is 1. The molecule has 0 saturated heterocycles. The second-order valence-corrected chi connectivity index (χ2v) is 5.61. The minimum absolute atomic E-state index is 0.470. The lowest BCUT2D eigenvalue weighted by Crippen LogP contribution is -2.27. The largest absolute Gasteiger partial charge is 0.495 e. The molecule has 0 spiro atoms. The van der Waals surface area contributed by atoms with Gasteiger partial charge >= 0.3 is 0 Å². The van der Waals surface area contributed by atoms with Crippen LogP contribution in [0.25, 0.3) is 0 Å². The Morgan fingerprint density at radius 2 is 2.00 bits per heavy atom. The van der Waals surface area contributed by atoms with Gasteiger partial charge in [0.15, 0.2) is 0 Å². The van der Waals surface area contributed by atoms with Gasteiger partial charge in [-0.05, 0) is 43.9 Å². The molecule has 2 nitrogen and oxygen atoms in total. The Balaban J connectivity index is 2.05. The molecular weight excluding hydrogens is 246 g/mol. The molecule has 1 unspecified atom stereocenters. The molecule has 2 rings (SSSR count). The van der Waals surface area contributed by atoms with Crippen molar-refractivity contribution < 1.29 is 4.74 Å². The van der Waals surface area contributed by atoms with Gasteiger partial charge in [-0.15, -0.1) is 0 Å². The topological polar surface area (TPSA) is 21.3 Å². The third-order valence-electron chi connectivity index (χ3n) is 3.90. The smallest absolute Gasteiger partial charge is 0.142 e. The van der Waals surface area contributed by atoms with E-state index in [4.69, 9.17) is 16.3 Å². The second kappa shape index (κ2) is 6.33. The first-order valence-corrected chi connectivity index (χ1v) is 7.18. The number of methoxy groups -OCH3 is 1. The van der Waals surface area contributed by atoms with Crippen LogP contribution in [0.5, 0.6) is 5.75 Å². The molecule has 0 aliphatic heterocycles. The molecule has 0 amide bonds. The SMILES string of the molecule is COc1ccc(Cl)cc1NC(C)C1CCCCC1. The van der Waals surface area contributed by atoms with Crippen LogP contribution in [-0.2, 0) is 0 Å². The fourth-order valence-electron chi connectivity index (χ4n) is 2.79. The molecule has 0 aromatic heterocycles. The molecule has 0 radical (unpaired) electrons. The summed E-state index contributed by atoms with van der Waals surface area (Å²) in [5.74, 6) is 1.63. The average Bonchev–Trinajstić information content (AvgIpc) is 2.40. The van der Waals surface area contributed by atoms with Crippen LogP contribution in [0.3, 0.4) is 0 Å². The normalized spacial score (nSPS) is 18.4. The molecule has 18 heavy (non-hydrogen) atoms. The molecule has 1 atom stereocenters. The number of anilines is 1. The molecule has 1 aromatic rings. The van der Waals surface area contributed by atoms with Gasteiger partial charge in [-0.25, -0.2) is 0 Å². The maximum Gasteiger partial charge on any atom is 0.142 e. The van der Waals surface area contributed by atoms with Crippen LogP contribution >= 0.6 is 11.6 Å². The van der Waals surface area contributed by atoms with Crippen molar-refractivity contribution in [1.82, 2.24) is 0 Å². The molecule has 0 heterocycles. The van der Waals surface area contributed by atoms with Crippen molar-refractivity contribution in [2.75, 3.05) is 12.4 Å². The highest BCUT2D eigenvalue weighted by Crippen LogP contribution is 2.32. The molecular formula is C15H22ClNO. The summed E-state index contributed by atoms with van der Waals surface area (Å²) in [5.41, 5.74) is 1.00. The van der Waals surface area contributed by atoms with Crippen LogP contribution in [0.15, 0.2) is 18.2 Å². The van der Waals surface area contributed by atoms with Crippen LogP contribution in [0, 0.1) is 5.92 Å². The quantitative estimate of drug-likeness (QED) is 0.852. The van der Waals surface area contributed by atoms with Crippen LogP contribution in [-0.4, -0.2) is 13.2 Å². The molecule has 1 N–H and O–H groups in total. The Bertz CT molecular complexity index is 388. The summed E-state index contributed by atoms with van der Waals surface area (Å²) in [6.07, 6.45) is 6.78. The summed E-state index contributed by atoms with van der Waals surface area (Å²) >= 11 is 6.05. The molecule has 1 aromatic carbocycles. The van der Waals surface area contributed by atoms with Crippen LogP contribution in [0.1, 0.15) is 39.0 Å². The highest BCUT2D eigenvalue weighted by molar-refractivity contribution is 6.30. The predicted molar refractivity (Wildman–Crippen MR) is 77.7 cm³/mol. The third-order valence-corrected chi connectivity index (χ3v) is 4.14. The molecule has 1 aliphatic carbocycles. The van der Waals surface area contributed by atoms with Crippen LogP contribution in [0.4, 0.5) is 5.69 Å². The van der Waals surface area contributed by atoms with Crippen molar-refractivity contribution in [2.45, 2.75) is 45.1 Å². The minimum atomic E-state index is 0.470. The maximum absolute atomic E-state index is 6.05. The minimum Gasteiger partial charge on any atom is -0.495 e. The highest BCUT2D eigenvalue weighted by atomic mass is 35.5. The van der Waals surface area contributed by atoms with E-state index in [-0.39, 0.29) is 0 Å². The van der Waals surface area contributed by atoms with E-state index in [0.717, 1.165) is 22.4 Å². The number of hydrogen-bond donors (Lipinski definition) is 1. The van der Waals surface area contributed by atoms with Gasteiger partial charge in [0, 0.05) is 11.1 Å². The van der Waals surface area contributed by atoms with Gasteiger partial charge < -0.3 is 10.1 Å². The van der Waals surface area contributed by atoms with Gasteiger partial charge in [-0.1, -0.05) is 30.9 Å². The number of nitrogens with one attached hydrogen (secondary N) is 1. The monoisotopic (exact) mass is 267 g/mol. The van der Waals surface area contributed by atoms with Gasteiger partial charge in [0.2, 0.25) is 0 Å². The summed E-state index contributed by atoms with van der Waals surface area (Å²) in [5, 5.41) is 4.31. The molecule has 100 valence electrons. The number of ether oxygens (including phenoxy) is 1. The summed E-state index contributed by atoms with van der Waals surface area (Å²) in [6.45, 7) is 2.26. The molecule has 1 saturated carbocycles. The van der Waals surface area contributed by atoms with E-state index in [0.29, 0.717) is 6.04 Å². The second-order valence-electron chi connectivity index (χ2n) is 5.18. The Morgan fingerprint density at radius 3 is 2.67 bits per heavy atom. The van der Waals surface area contributed by atoms with Crippen molar-refractivity contribution >= 4 is 17.3 Å². The van der Waals surface area contributed by atoms with E-state index < -0.39 is 0 Å². The molecule has 1 aliphatic rings. The van der Waals surface area contributed by atoms with Crippen molar-refractivity contribution in [3.05, 3.63) is 23.2 Å². The molecule has 1 fully saturated rings. The van der Waals surface area contributed by atoms with Crippen molar-refractivity contribution in [3.8, 4) is 5.75 Å². The zero-order valence-electron chi connectivity index (χ0n) is 11.2. The Hall–Kier alpha value is -0.890. The van der Waals surface area contributed by atoms with Crippen molar-refractivity contribution in [2.24, 2.45) is 5.92 Å². The first-order valence-electron chi connectivity index (χ1n) is 6.81. The lowest BCUT2D eigenvalue weighted by atomic mass is 9.84. The highest BCUT2D eigenvalue weighted by Gasteiger charge is 2.20. The Morgan fingerprint density at radius 1 is 1.28 bits per heavy atom. The number of rotatable bonds is 4. The number of halogens is 1. The zero-order chi connectivity index (χ0) is 13.0. The van der Waals surface area contributed by atoms with Crippen LogP contribution in [0.2, 0.25) is 5.02 Å². The van der Waals surface area contributed by atoms with Crippen LogP contribution < -0.4 is 10.1 Å². The van der Waals surface area contributed by atoms with E-state index in [1.165, 1.54) is 32.1 Å². The van der Waals surface area contributed by atoms with Gasteiger partial charge in [0.25, 0.3) is 0 Å². The van der Waals surface area contributed by atoms with Crippen molar-refractivity contribution in [3.63, 3.8) is 0 Å². The van der Waals surface area contributed by atoms with Gasteiger partial charge in [-0.3, -0.25) is 0 Å². The van der Waals surface area contributed by atoms with E-state index >= 15 is 0 Å². The van der Waals surface area contributed by atoms with Gasteiger partial charge in [-0.2, -0.15) is 0 Å². The summed E-state index contributed by atoms with van der Waals surface area (Å²) in [7, 11) is 1.69. The lowest BCUT2D eigenvalue weighted by Gasteiger charge is -2.29. The van der Waals surface area contributed by atoms with E-state index in [1.807, 2.05) is 18.2 Å². The average molecular weight is 268 g/mol. The first kappa shape index (κ1) is 13.5. The zero-order valence-corrected chi connectivity index (χ0v) is 12.0. The third kappa shape index (κ3) is 3.32. The number of hydrogen-bond acceptors (Lipinski definition) is 2. The first-order chi connectivity index (χ1) is 8.70. The Labute approximate surface area is 115 Å². The summed E-state index contributed by atoms with van der Waals surface area (Å²) < 4.78 is 5.37. The molecule has 3 heteroatoms. The van der Waals surface area contributed by atoms with Gasteiger partial charge in [0.1, 0.15) is 5.75 Å². The van der Waals surface area contributed by atoms with E-state index in [9.17, 15) is 0 Å². The fourth-order valence-corrected chi connectivity index (χ4v) is 2.96. The fraction of sp³-hybridized carbons (Fsp3) is 0.600. The van der Waals surface area contributed by atoms with E-state index in [1.54, 1.807) is 7.11 Å². The standard InChI is InChI=1S/C15H22ClNO/c1-11(12-6-4-3-5-7-12)17-14-10-13(16)8-9-15(14)18-2/h8-12,17H,3-7H2,1-2H3. The Kier molecular flexibility index (Phi) is 4.76. The molecule has 0 bridgehead atoms. The van der Waals surface area contributed by atoms with Crippen molar-refractivity contribution in [1.29, 1.82) is 0 Å². The summed E-state index contributed by atoms with van der Waals surface area (Å²) in [4.78, 5) is 0. The predicted octanol–water partition coefficient (Wildman–Crippen LogP) is 4.73. The van der Waals surface area contributed by atoms with E-state index in [2.05, 4.69) is 12.2 Å². The maximum atomic E-state index is 6.05. The van der Waals surface area contributed by atoms with Gasteiger partial charge in [0.05, 0.1) is 12.8 Å². The lowest BCUT2D eigenvalue weighted by molar-refractivity contribution is 0.327.